The first kappa shape index (κ1) is 17.9. The molecule has 0 saturated heterocycles. The number of hydrogen-bond acceptors (Lipinski definition) is 3. The molecule has 0 heterocycles. The number of carbonyl (C=O) groups is 1. The van der Waals surface area contributed by atoms with Gasteiger partial charge in [0.25, 0.3) is 0 Å². The van der Waals surface area contributed by atoms with Gasteiger partial charge in [0.2, 0.25) is 0 Å². The number of phenolic OH excluding ortho intramolecular Hbond substituents is 1. The van der Waals surface area contributed by atoms with Crippen molar-refractivity contribution >= 4 is 6.09 Å². The normalized spacial score (nSPS) is 12.5. The molecule has 0 fully saturated rings. The maximum atomic E-state index is 12.7. The quantitative estimate of drug-likeness (QED) is 0.869. The number of carbonyl (C=O) groups excluding carboxylic acids is 1. The van der Waals surface area contributed by atoms with Crippen molar-refractivity contribution in [3.63, 3.8) is 0 Å². The van der Waals surface area contributed by atoms with Crippen LogP contribution in [0.5, 0.6) is 5.75 Å². The molecule has 4 heteroatoms. The van der Waals surface area contributed by atoms with Crippen molar-refractivity contribution in [2.45, 2.75) is 45.9 Å². The second-order valence-electron chi connectivity index (χ2n) is 6.82. The van der Waals surface area contributed by atoms with Crippen LogP contribution in [0.4, 0.5) is 4.79 Å². The lowest BCUT2D eigenvalue weighted by atomic mass is 10.1. The topological polar surface area (TPSA) is 49.8 Å². The lowest BCUT2D eigenvalue weighted by Crippen LogP contribution is -2.38. The Morgan fingerprint density at radius 3 is 2.25 bits per heavy atom. The van der Waals surface area contributed by atoms with Gasteiger partial charge in [-0.15, -0.1) is 0 Å². The summed E-state index contributed by atoms with van der Waals surface area (Å²) in [6.07, 6.45) is -0.401. The zero-order valence-electron chi connectivity index (χ0n) is 14.7. The van der Waals surface area contributed by atoms with E-state index in [9.17, 15) is 9.90 Å². The van der Waals surface area contributed by atoms with Gasteiger partial charge in [-0.25, -0.2) is 4.79 Å². The number of ether oxygens (including phenoxy) is 1. The Bertz CT molecular complexity index is 677. The average molecular weight is 327 g/mol. The van der Waals surface area contributed by atoms with Gasteiger partial charge >= 0.3 is 6.09 Å². The molecule has 4 nitrogen and oxygen atoms in total. The van der Waals surface area contributed by atoms with E-state index in [4.69, 9.17) is 4.74 Å². The fraction of sp³-hybridized carbons (Fsp3) is 0.350. The van der Waals surface area contributed by atoms with E-state index in [2.05, 4.69) is 0 Å². The van der Waals surface area contributed by atoms with E-state index in [1.165, 1.54) is 0 Å². The van der Waals surface area contributed by atoms with Crippen molar-refractivity contribution in [1.29, 1.82) is 0 Å². The zero-order chi connectivity index (χ0) is 17.7. The number of nitrogens with zero attached hydrogens (tertiary/aromatic N) is 1. The number of hydrogen-bond donors (Lipinski definition) is 1. The number of aromatic hydroxyl groups is 1. The third-order valence-electron chi connectivity index (χ3n) is 3.71. The molecular formula is C20H25NO3. The Balaban J connectivity index is 2.30. The first-order chi connectivity index (χ1) is 11.3. The molecule has 0 aliphatic carbocycles. The molecule has 2 rings (SSSR count). The maximum absolute atomic E-state index is 12.7. The summed E-state index contributed by atoms with van der Waals surface area (Å²) in [5, 5.41) is 10.0. The van der Waals surface area contributed by atoms with Gasteiger partial charge in [-0.1, -0.05) is 48.5 Å². The number of rotatable bonds is 4. The SMILES string of the molecule is CC(c1ccccc1)N(Cc1ccccc1O)C(=O)OC(C)(C)C. The highest BCUT2D eigenvalue weighted by atomic mass is 16.6. The van der Waals surface area contributed by atoms with Crippen LogP contribution in [0.1, 0.15) is 44.9 Å². The summed E-state index contributed by atoms with van der Waals surface area (Å²) in [4.78, 5) is 14.3. The highest BCUT2D eigenvalue weighted by Gasteiger charge is 2.27. The summed E-state index contributed by atoms with van der Waals surface area (Å²) in [7, 11) is 0. The molecule has 0 spiro atoms. The highest BCUT2D eigenvalue weighted by Crippen LogP contribution is 2.27. The molecule has 0 saturated carbocycles. The fourth-order valence-corrected chi connectivity index (χ4v) is 2.42. The molecule has 24 heavy (non-hydrogen) atoms. The minimum absolute atomic E-state index is 0.173. The predicted molar refractivity (Wildman–Crippen MR) is 94.7 cm³/mol. The molecule has 0 bridgehead atoms. The first-order valence-electron chi connectivity index (χ1n) is 8.09. The monoisotopic (exact) mass is 327 g/mol. The third-order valence-corrected chi connectivity index (χ3v) is 3.71. The smallest absolute Gasteiger partial charge is 0.411 e. The van der Waals surface area contributed by atoms with Crippen molar-refractivity contribution in [1.82, 2.24) is 4.90 Å². The molecule has 1 amide bonds. The second-order valence-corrected chi connectivity index (χ2v) is 6.82. The molecule has 0 aliphatic heterocycles. The summed E-state index contributed by atoms with van der Waals surface area (Å²) in [6.45, 7) is 7.76. The summed E-state index contributed by atoms with van der Waals surface area (Å²) < 4.78 is 5.56. The lowest BCUT2D eigenvalue weighted by Gasteiger charge is -2.32. The number of phenols is 1. The van der Waals surface area contributed by atoms with Crippen molar-refractivity contribution in [3.8, 4) is 5.75 Å². The molecule has 1 N–H and O–H groups in total. The predicted octanol–water partition coefficient (Wildman–Crippen LogP) is 4.89. The molecular weight excluding hydrogens is 302 g/mol. The number of amides is 1. The van der Waals surface area contributed by atoms with Gasteiger partial charge in [-0.3, -0.25) is 4.90 Å². The lowest BCUT2D eigenvalue weighted by molar-refractivity contribution is 0.0152. The van der Waals surface area contributed by atoms with Crippen LogP contribution in [-0.4, -0.2) is 21.7 Å². The third kappa shape index (κ3) is 4.75. The Hall–Kier alpha value is -2.49. The maximum Gasteiger partial charge on any atom is 0.411 e. The van der Waals surface area contributed by atoms with Gasteiger partial charge in [-0.05, 0) is 39.3 Å². The van der Waals surface area contributed by atoms with Crippen molar-refractivity contribution in [2.24, 2.45) is 0 Å². The van der Waals surface area contributed by atoms with Gasteiger partial charge in [0, 0.05) is 5.56 Å². The fourth-order valence-electron chi connectivity index (χ4n) is 2.42. The molecule has 1 atom stereocenters. The van der Waals surface area contributed by atoms with Crippen LogP contribution >= 0.6 is 0 Å². The number of benzene rings is 2. The summed E-state index contributed by atoms with van der Waals surface area (Å²) in [6, 6.07) is 16.6. The van der Waals surface area contributed by atoms with Crippen LogP contribution in [-0.2, 0) is 11.3 Å². The molecule has 2 aromatic rings. The van der Waals surface area contributed by atoms with E-state index in [0.29, 0.717) is 5.56 Å². The second kappa shape index (κ2) is 7.39. The number of para-hydroxylation sites is 1. The van der Waals surface area contributed by atoms with Gasteiger partial charge in [0.05, 0.1) is 12.6 Å². The molecule has 0 radical (unpaired) electrons. The largest absolute Gasteiger partial charge is 0.508 e. The van der Waals surface area contributed by atoms with Crippen LogP contribution in [0, 0.1) is 0 Å². The Morgan fingerprint density at radius 1 is 1.08 bits per heavy atom. The van der Waals surface area contributed by atoms with Crippen LogP contribution in [0.15, 0.2) is 54.6 Å². The Labute approximate surface area is 143 Å². The van der Waals surface area contributed by atoms with Crippen molar-refractivity contribution in [3.05, 3.63) is 65.7 Å². The molecule has 1 unspecified atom stereocenters. The molecule has 128 valence electrons. The van der Waals surface area contributed by atoms with E-state index in [0.717, 1.165) is 5.56 Å². The molecule has 0 aromatic heterocycles. The summed E-state index contributed by atoms with van der Waals surface area (Å²) in [5.41, 5.74) is 1.12. The van der Waals surface area contributed by atoms with E-state index in [-0.39, 0.29) is 18.3 Å². The van der Waals surface area contributed by atoms with Gasteiger partial charge in [0.1, 0.15) is 11.4 Å². The first-order valence-corrected chi connectivity index (χ1v) is 8.09. The van der Waals surface area contributed by atoms with Crippen LogP contribution < -0.4 is 0 Å². The molecule has 2 aromatic carbocycles. The summed E-state index contributed by atoms with van der Waals surface area (Å²) in [5.74, 6) is 0.173. The highest BCUT2D eigenvalue weighted by molar-refractivity contribution is 5.69. The minimum Gasteiger partial charge on any atom is -0.508 e. The van der Waals surface area contributed by atoms with Crippen molar-refractivity contribution < 1.29 is 14.6 Å². The van der Waals surface area contributed by atoms with E-state index < -0.39 is 11.7 Å². The zero-order valence-corrected chi connectivity index (χ0v) is 14.7. The standard InChI is InChI=1S/C20H25NO3/c1-15(16-10-6-5-7-11-16)21(19(23)24-20(2,3)4)14-17-12-8-9-13-18(17)22/h5-13,15,22H,14H2,1-4H3. The van der Waals surface area contributed by atoms with Gasteiger partial charge < -0.3 is 9.84 Å². The molecule has 0 aliphatic rings. The van der Waals surface area contributed by atoms with Crippen LogP contribution in [0.3, 0.4) is 0 Å². The van der Waals surface area contributed by atoms with Crippen molar-refractivity contribution in [2.75, 3.05) is 0 Å². The Kier molecular flexibility index (Phi) is 5.50. The Morgan fingerprint density at radius 2 is 1.67 bits per heavy atom. The summed E-state index contributed by atoms with van der Waals surface area (Å²) >= 11 is 0. The van der Waals surface area contributed by atoms with E-state index >= 15 is 0 Å². The van der Waals surface area contributed by atoms with E-state index in [1.54, 1.807) is 17.0 Å². The van der Waals surface area contributed by atoms with Gasteiger partial charge in [0.15, 0.2) is 0 Å². The van der Waals surface area contributed by atoms with Crippen LogP contribution in [0.25, 0.3) is 0 Å². The van der Waals surface area contributed by atoms with Crippen LogP contribution in [0.2, 0.25) is 0 Å². The minimum atomic E-state index is -0.579. The van der Waals surface area contributed by atoms with Gasteiger partial charge in [-0.2, -0.15) is 0 Å². The van der Waals surface area contributed by atoms with E-state index in [1.807, 2.05) is 70.2 Å². The average Bonchev–Trinajstić information content (AvgIpc) is 2.52.